The molecule has 23 heavy (non-hydrogen) atoms. The number of rotatable bonds is 3. The summed E-state index contributed by atoms with van der Waals surface area (Å²) in [6.45, 7) is 3.14. The molecule has 1 N–H and O–H groups in total. The monoisotopic (exact) mass is 316 g/mol. The number of hydrogen-bond donors (Lipinski definition) is 1. The van der Waals surface area contributed by atoms with E-state index < -0.39 is 5.82 Å². The van der Waals surface area contributed by atoms with Gasteiger partial charge in [0, 0.05) is 12.6 Å². The summed E-state index contributed by atoms with van der Waals surface area (Å²) < 4.78 is 18.4. The van der Waals surface area contributed by atoms with E-state index >= 15 is 0 Å². The van der Waals surface area contributed by atoms with Crippen LogP contribution in [0.3, 0.4) is 0 Å². The number of aromatic nitrogens is 2. The van der Waals surface area contributed by atoms with Crippen LogP contribution < -0.4 is 5.32 Å². The number of halogens is 1. The number of hydrogen-bond acceptors (Lipinski definition) is 5. The number of pyridine rings is 1. The van der Waals surface area contributed by atoms with Crippen LogP contribution in [-0.4, -0.2) is 46.5 Å². The summed E-state index contributed by atoms with van der Waals surface area (Å²) in [5, 5.41) is 3.02. The third-order valence-electron chi connectivity index (χ3n) is 4.65. The fourth-order valence-electron chi connectivity index (χ4n) is 3.38. The molecule has 2 aromatic heterocycles. The smallest absolute Gasteiger partial charge is 0.307 e. The zero-order chi connectivity index (χ0) is 15.8. The Bertz CT molecular complexity index is 707. The van der Waals surface area contributed by atoms with E-state index in [-0.39, 0.29) is 17.8 Å². The van der Waals surface area contributed by atoms with Crippen molar-refractivity contribution in [3.63, 3.8) is 0 Å². The predicted octanol–water partition coefficient (Wildman–Crippen LogP) is 1.70. The van der Waals surface area contributed by atoms with Crippen molar-refractivity contribution in [2.75, 3.05) is 19.6 Å². The number of amides is 1. The van der Waals surface area contributed by atoms with Crippen LogP contribution in [0.15, 0.2) is 28.9 Å². The van der Waals surface area contributed by atoms with Gasteiger partial charge in [-0.3, -0.25) is 4.79 Å². The highest BCUT2D eigenvalue weighted by Crippen LogP contribution is 2.27. The fraction of sp³-hybridized carbons (Fsp3) is 0.438. The summed E-state index contributed by atoms with van der Waals surface area (Å²) >= 11 is 0. The van der Waals surface area contributed by atoms with E-state index in [2.05, 4.69) is 20.2 Å². The van der Waals surface area contributed by atoms with Crippen molar-refractivity contribution in [3.8, 4) is 11.5 Å². The first-order chi connectivity index (χ1) is 11.2. The summed E-state index contributed by atoms with van der Waals surface area (Å²) in [6.07, 6.45) is 4.79. The molecule has 0 aliphatic carbocycles. The summed E-state index contributed by atoms with van der Waals surface area (Å²) in [6, 6.07) is 2.94. The second-order valence-electron chi connectivity index (χ2n) is 6.11. The molecule has 1 atom stereocenters. The van der Waals surface area contributed by atoms with Gasteiger partial charge in [0.15, 0.2) is 5.76 Å². The van der Waals surface area contributed by atoms with Gasteiger partial charge in [0.25, 0.3) is 5.89 Å². The van der Waals surface area contributed by atoms with Gasteiger partial charge in [-0.25, -0.2) is 14.4 Å². The van der Waals surface area contributed by atoms with Crippen molar-refractivity contribution in [3.05, 3.63) is 36.2 Å². The number of nitrogens with zero attached hydrogens (tertiary/aromatic N) is 3. The third-order valence-corrected chi connectivity index (χ3v) is 4.65. The molecule has 3 fully saturated rings. The normalized spacial score (nSPS) is 26.2. The van der Waals surface area contributed by atoms with Gasteiger partial charge < -0.3 is 14.6 Å². The number of carbonyl (C=O) groups excluding carboxylic acids is 1. The molecule has 3 aliphatic rings. The van der Waals surface area contributed by atoms with Crippen molar-refractivity contribution in [1.29, 1.82) is 0 Å². The molecular weight excluding hydrogens is 299 g/mol. The van der Waals surface area contributed by atoms with Gasteiger partial charge in [0.05, 0.1) is 12.4 Å². The first-order valence-corrected chi connectivity index (χ1v) is 7.80. The highest BCUT2D eigenvalue weighted by Gasteiger charge is 2.35. The molecule has 3 saturated heterocycles. The van der Waals surface area contributed by atoms with Crippen molar-refractivity contribution >= 4 is 5.91 Å². The van der Waals surface area contributed by atoms with Crippen molar-refractivity contribution in [1.82, 2.24) is 20.2 Å². The molecule has 0 aromatic carbocycles. The molecule has 120 valence electrons. The first kappa shape index (κ1) is 14.3. The topological polar surface area (TPSA) is 71.3 Å². The molecule has 5 rings (SSSR count). The van der Waals surface area contributed by atoms with Gasteiger partial charge in [0.1, 0.15) is 11.5 Å². The summed E-state index contributed by atoms with van der Waals surface area (Å²) in [7, 11) is 0. The zero-order valence-electron chi connectivity index (χ0n) is 12.5. The Hall–Kier alpha value is -2.28. The lowest BCUT2D eigenvalue weighted by Crippen LogP contribution is -2.57. The van der Waals surface area contributed by atoms with Crippen LogP contribution in [0, 0.1) is 11.7 Å². The van der Waals surface area contributed by atoms with Crippen molar-refractivity contribution in [2.24, 2.45) is 5.92 Å². The van der Waals surface area contributed by atoms with Gasteiger partial charge in [0.2, 0.25) is 0 Å². The minimum absolute atomic E-state index is 0.0163. The Morgan fingerprint density at radius 2 is 2.09 bits per heavy atom. The number of oxazole rings is 1. The van der Waals surface area contributed by atoms with Crippen LogP contribution in [0.1, 0.15) is 23.5 Å². The van der Waals surface area contributed by atoms with Crippen LogP contribution in [0.5, 0.6) is 0 Å². The Morgan fingerprint density at radius 3 is 2.74 bits per heavy atom. The van der Waals surface area contributed by atoms with Crippen LogP contribution in [0.4, 0.5) is 4.39 Å². The molecule has 0 spiro atoms. The average molecular weight is 316 g/mol. The number of carbonyl (C=O) groups is 1. The third kappa shape index (κ3) is 2.84. The molecule has 0 saturated carbocycles. The highest BCUT2D eigenvalue weighted by molar-refractivity contribution is 5.90. The predicted molar refractivity (Wildman–Crippen MR) is 80.1 cm³/mol. The van der Waals surface area contributed by atoms with Crippen molar-refractivity contribution in [2.45, 2.75) is 18.9 Å². The lowest BCUT2D eigenvalue weighted by atomic mass is 9.84. The lowest BCUT2D eigenvalue weighted by Gasteiger charge is -2.44. The number of fused-ring (bicyclic) bond motifs is 3. The summed E-state index contributed by atoms with van der Waals surface area (Å²) in [5.74, 6) is 0.175. The Morgan fingerprint density at radius 1 is 1.26 bits per heavy atom. The zero-order valence-corrected chi connectivity index (χ0v) is 12.5. The van der Waals surface area contributed by atoms with Crippen LogP contribution >= 0.6 is 0 Å². The summed E-state index contributed by atoms with van der Waals surface area (Å²) in [5.41, 5.74) is 0.445. The van der Waals surface area contributed by atoms with E-state index in [4.69, 9.17) is 4.42 Å². The standard InChI is InChI=1S/C16H17FN4O2/c17-11-1-2-12(18-7-11)14-8-19-16(23-14)15(22)20-13-9-21-5-3-10(13)4-6-21/h1-2,7-8,10,13H,3-6,9H2,(H,20,22)/t13-/m0/s1. The molecule has 0 unspecified atom stereocenters. The molecule has 3 aliphatic heterocycles. The molecular formula is C16H17FN4O2. The maximum Gasteiger partial charge on any atom is 0.307 e. The fourth-order valence-corrected chi connectivity index (χ4v) is 3.38. The van der Waals surface area contributed by atoms with Gasteiger partial charge in [-0.15, -0.1) is 0 Å². The second kappa shape index (κ2) is 5.73. The Balaban J connectivity index is 1.46. The number of nitrogens with one attached hydrogen (secondary N) is 1. The average Bonchev–Trinajstić information content (AvgIpc) is 3.07. The minimum atomic E-state index is -0.423. The maximum atomic E-state index is 12.9. The van der Waals surface area contributed by atoms with E-state index in [0.717, 1.165) is 38.7 Å². The Labute approximate surface area is 132 Å². The van der Waals surface area contributed by atoms with E-state index in [0.29, 0.717) is 17.4 Å². The SMILES string of the molecule is O=C(N[C@H]1CN2CCC1CC2)c1ncc(-c2ccc(F)cn2)o1. The molecule has 2 bridgehead atoms. The van der Waals surface area contributed by atoms with Crippen molar-refractivity contribution < 1.29 is 13.6 Å². The van der Waals surface area contributed by atoms with E-state index in [1.165, 1.54) is 18.3 Å². The molecule has 2 aromatic rings. The molecule has 7 heteroatoms. The van der Waals surface area contributed by atoms with Crippen LogP contribution in [0.2, 0.25) is 0 Å². The van der Waals surface area contributed by atoms with Gasteiger partial charge in [-0.1, -0.05) is 0 Å². The summed E-state index contributed by atoms with van der Waals surface area (Å²) in [4.78, 5) is 22.6. The molecule has 6 nitrogen and oxygen atoms in total. The van der Waals surface area contributed by atoms with Gasteiger partial charge in [-0.2, -0.15) is 0 Å². The lowest BCUT2D eigenvalue weighted by molar-refractivity contribution is 0.0602. The van der Waals surface area contributed by atoms with Gasteiger partial charge >= 0.3 is 5.91 Å². The van der Waals surface area contributed by atoms with Gasteiger partial charge in [-0.05, 0) is 44.0 Å². The highest BCUT2D eigenvalue weighted by atomic mass is 19.1. The molecule has 1 amide bonds. The quantitative estimate of drug-likeness (QED) is 0.933. The van der Waals surface area contributed by atoms with E-state index in [1.54, 1.807) is 0 Å². The number of piperidine rings is 3. The van der Waals surface area contributed by atoms with Crippen LogP contribution in [0.25, 0.3) is 11.5 Å². The minimum Gasteiger partial charge on any atom is -0.431 e. The maximum absolute atomic E-state index is 12.9. The molecule has 0 radical (unpaired) electrons. The first-order valence-electron chi connectivity index (χ1n) is 7.80. The largest absolute Gasteiger partial charge is 0.431 e. The Kier molecular flexibility index (Phi) is 3.57. The second-order valence-corrected chi connectivity index (χ2v) is 6.11. The van der Waals surface area contributed by atoms with Crippen LogP contribution in [-0.2, 0) is 0 Å². The molecule has 5 heterocycles. The van der Waals surface area contributed by atoms with E-state index in [9.17, 15) is 9.18 Å². The van der Waals surface area contributed by atoms with E-state index in [1.807, 2.05) is 0 Å².